The van der Waals surface area contributed by atoms with E-state index in [1.54, 1.807) is 0 Å². The van der Waals surface area contributed by atoms with Crippen LogP contribution in [0.2, 0.25) is 0 Å². The van der Waals surface area contributed by atoms with Crippen molar-refractivity contribution in [2.24, 2.45) is 0 Å². The number of hydrogen-bond acceptors (Lipinski definition) is 5. The molecule has 2 aromatic rings. The fraction of sp³-hybridized carbons (Fsp3) is 0.435. The number of benzene rings is 1. The van der Waals surface area contributed by atoms with Crippen molar-refractivity contribution in [1.82, 2.24) is 4.98 Å². The molecule has 146 valence electrons. The highest BCUT2D eigenvalue weighted by molar-refractivity contribution is 7.99. The minimum Gasteiger partial charge on any atom is -0.459 e. The van der Waals surface area contributed by atoms with Gasteiger partial charge in [0.25, 0.3) is 0 Å². The third kappa shape index (κ3) is 4.74. The van der Waals surface area contributed by atoms with E-state index in [0.717, 1.165) is 42.5 Å². The monoisotopic (exact) mass is 394 g/mol. The van der Waals surface area contributed by atoms with Crippen LogP contribution >= 0.6 is 11.8 Å². The number of rotatable bonds is 4. The number of carbonyl (C=O) groups excluding carboxylic acids is 1. The van der Waals surface area contributed by atoms with Crippen LogP contribution in [0.15, 0.2) is 29.3 Å². The molecule has 28 heavy (non-hydrogen) atoms. The van der Waals surface area contributed by atoms with E-state index in [1.807, 2.05) is 20.8 Å². The normalized spacial score (nSPS) is 13.5. The molecule has 5 heteroatoms. The average Bonchev–Trinajstić information content (AvgIpc) is 2.64. The minimum atomic E-state index is -0.522. The molecule has 0 N–H and O–H groups in total. The summed E-state index contributed by atoms with van der Waals surface area (Å²) in [7, 11) is 0. The zero-order valence-corrected chi connectivity index (χ0v) is 17.8. The van der Waals surface area contributed by atoms with Gasteiger partial charge in [-0.2, -0.15) is 5.26 Å². The molecule has 0 atom stereocenters. The quantitative estimate of drug-likeness (QED) is 0.524. The largest absolute Gasteiger partial charge is 0.459 e. The van der Waals surface area contributed by atoms with Gasteiger partial charge in [0.1, 0.15) is 16.7 Å². The third-order valence-electron chi connectivity index (χ3n) is 4.64. The Balaban J connectivity index is 2.01. The molecule has 0 unspecified atom stereocenters. The van der Waals surface area contributed by atoms with E-state index in [2.05, 4.69) is 37.3 Å². The number of hydrogen-bond donors (Lipinski definition) is 0. The molecule has 0 amide bonds. The first-order valence-electron chi connectivity index (χ1n) is 9.66. The zero-order chi connectivity index (χ0) is 20.3. The van der Waals surface area contributed by atoms with Gasteiger partial charge in [-0.3, -0.25) is 4.79 Å². The number of nitrogens with zero attached hydrogens (tertiary/aromatic N) is 2. The van der Waals surface area contributed by atoms with Crippen LogP contribution in [0.25, 0.3) is 11.1 Å². The van der Waals surface area contributed by atoms with Crippen LogP contribution in [0.1, 0.15) is 56.0 Å². The summed E-state index contributed by atoms with van der Waals surface area (Å²) in [6.07, 6.45) is 4.08. The molecule has 0 radical (unpaired) electrons. The SMILES string of the molecule is Cc1ccc(-c2c(C#N)c(SCC(=O)OC(C)(C)C)nc3c2CCCC3)cc1. The summed E-state index contributed by atoms with van der Waals surface area (Å²) in [4.78, 5) is 16.9. The van der Waals surface area contributed by atoms with Crippen molar-refractivity contribution >= 4 is 17.7 Å². The molecular formula is C23H26N2O2S. The summed E-state index contributed by atoms with van der Waals surface area (Å²) in [6, 6.07) is 10.6. The van der Waals surface area contributed by atoms with Gasteiger partial charge < -0.3 is 4.74 Å². The van der Waals surface area contributed by atoms with Gasteiger partial charge in [0.2, 0.25) is 0 Å². The molecule has 0 fully saturated rings. The summed E-state index contributed by atoms with van der Waals surface area (Å²) < 4.78 is 5.40. The molecule has 0 saturated carbocycles. The molecule has 1 aliphatic carbocycles. The first kappa shape index (κ1) is 20.4. The van der Waals surface area contributed by atoms with Crippen LogP contribution in [0.5, 0.6) is 0 Å². The Bertz CT molecular complexity index is 922. The van der Waals surface area contributed by atoms with Crippen molar-refractivity contribution < 1.29 is 9.53 Å². The van der Waals surface area contributed by atoms with Crippen LogP contribution < -0.4 is 0 Å². The van der Waals surface area contributed by atoms with E-state index in [4.69, 9.17) is 9.72 Å². The lowest BCUT2D eigenvalue weighted by Gasteiger charge is -2.22. The van der Waals surface area contributed by atoms with Gasteiger partial charge in [-0.1, -0.05) is 41.6 Å². The van der Waals surface area contributed by atoms with E-state index in [1.165, 1.54) is 22.9 Å². The lowest BCUT2D eigenvalue weighted by atomic mass is 9.87. The second kappa shape index (κ2) is 8.36. The van der Waals surface area contributed by atoms with E-state index in [0.29, 0.717) is 10.6 Å². The van der Waals surface area contributed by atoms with Crippen molar-refractivity contribution in [3.05, 3.63) is 46.6 Å². The topological polar surface area (TPSA) is 63.0 Å². The standard InChI is InChI=1S/C23H26N2O2S/c1-15-9-11-16(12-10-15)21-17-7-5-6-8-19(17)25-22(18(21)13-24)28-14-20(26)27-23(2,3)4/h9-12H,5-8,14H2,1-4H3. The summed E-state index contributed by atoms with van der Waals surface area (Å²) in [5, 5.41) is 10.6. The highest BCUT2D eigenvalue weighted by atomic mass is 32.2. The Kier molecular flexibility index (Phi) is 6.10. The predicted octanol–water partition coefficient (Wildman–Crippen LogP) is 5.24. The molecule has 0 aliphatic heterocycles. The second-order valence-electron chi connectivity index (χ2n) is 8.15. The summed E-state index contributed by atoms with van der Waals surface area (Å²) in [5.41, 5.74) is 5.51. The molecule has 3 rings (SSSR count). The highest BCUT2D eigenvalue weighted by Gasteiger charge is 2.24. The number of thioether (sulfide) groups is 1. The second-order valence-corrected chi connectivity index (χ2v) is 9.12. The van der Waals surface area contributed by atoms with Gasteiger partial charge in [-0.05, 0) is 64.5 Å². The zero-order valence-electron chi connectivity index (χ0n) is 17.0. The Hall–Kier alpha value is -2.32. The van der Waals surface area contributed by atoms with Crippen molar-refractivity contribution in [3.63, 3.8) is 0 Å². The van der Waals surface area contributed by atoms with Crippen molar-refractivity contribution in [2.75, 3.05) is 5.75 Å². The van der Waals surface area contributed by atoms with Gasteiger partial charge in [0.15, 0.2) is 0 Å². The predicted molar refractivity (Wildman–Crippen MR) is 112 cm³/mol. The fourth-order valence-corrected chi connectivity index (χ4v) is 4.24. The molecule has 1 aliphatic rings. The Labute approximate surface area is 171 Å². The number of carbonyl (C=O) groups is 1. The van der Waals surface area contributed by atoms with E-state index in [-0.39, 0.29) is 11.7 Å². The molecule has 1 aromatic heterocycles. The number of fused-ring (bicyclic) bond motifs is 1. The fourth-order valence-electron chi connectivity index (χ4n) is 3.46. The van der Waals surface area contributed by atoms with Crippen LogP contribution in [0, 0.1) is 18.3 Å². The number of nitriles is 1. The van der Waals surface area contributed by atoms with Crippen molar-refractivity contribution in [2.45, 2.75) is 64.0 Å². The summed E-state index contributed by atoms with van der Waals surface area (Å²) in [6.45, 7) is 7.61. The molecule has 4 nitrogen and oxygen atoms in total. The van der Waals surface area contributed by atoms with Gasteiger partial charge >= 0.3 is 5.97 Å². The maximum absolute atomic E-state index is 12.2. The molecule has 0 saturated heterocycles. The van der Waals surface area contributed by atoms with Crippen molar-refractivity contribution in [1.29, 1.82) is 5.26 Å². The molecule has 0 spiro atoms. The van der Waals surface area contributed by atoms with Crippen LogP contribution in [-0.2, 0) is 22.4 Å². The first-order chi connectivity index (χ1) is 13.3. The maximum Gasteiger partial charge on any atom is 0.316 e. The van der Waals surface area contributed by atoms with Crippen molar-refractivity contribution in [3.8, 4) is 17.2 Å². The van der Waals surface area contributed by atoms with E-state index in [9.17, 15) is 10.1 Å². The summed E-state index contributed by atoms with van der Waals surface area (Å²) >= 11 is 1.30. The number of aromatic nitrogens is 1. The first-order valence-corrected chi connectivity index (χ1v) is 10.6. The molecule has 1 aromatic carbocycles. The van der Waals surface area contributed by atoms with Crippen LogP contribution in [0.4, 0.5) is 0 Å². The lowest BCUT2D eigenvalue weighted by Crippen LogP contribution is -2.25. The third-order valence-corrected chi connectivity index (χ3v) is 5.59. The number of pyridine rings is 1. The number of esters is 1. The van der Waals surface area contributed by atoms with E-state index < -0.39 is 5.60 Å². The van der Waals surface area contributed by atoms with Gasteiger partial charge in [0.05, 0.1) is 11.3 Å². The number of aryl methyl sites for hydroxylation is 2. The van der Waals surface area contributed by atoms with Gasteiger partial charge in [-0.15, -0.1) is 0 Å². The Morgan fingerprint density at radius 1 is 1.21 bits per heavy atom. The number of ether oxygens (including phenoxy) is 1. The van der Waals surface area contributed by atoms with E-state index >= 15 is 0 Å². The molecule has 0 bridgehead atoms. The smallest absolute Gasteiger partial charge is 0.316 e. The maximum atomic E-state index is 12.2. The Morgan fingerprint density at radius 2 is 1.89 bits per heavy atom. The average molecular weight is 395 g/mol. The van der Waals surface area contributed by atoms with Crippen LogP contribution in [0.3, 0.4) is 0 Å². The summed E-state index contributed by atoms with van der Waals surface area (Å²) in [5.74, 6) is -0.150. The molecular weight excluding hydrogens is 368 g/mol. The Morgan fingerprint density at radius 3 is 2.54 bits per heavy atom. The minimum absolute atomic E-state index is 0.144. The van der Waals surface area contributed by atoms with Gasteiger partial charge in [0, 0.05) is 11.3 Å². The van der Waals surface area contributed by atoms with Gasteiger partial charge in [-0.25, -0.2) is 4.98 Å². The lowest BCUT2D eigenvalue weighted by molar-refractivity contribution is -0.151. The van der Waals surface area contributed by atoms with Crippen LogP contribution in [-0.4, -0.2) is 22.3 Å². The molecule has 1 heterocycles. The highest BCUT2D eigenvalue weighted by Crippen LogP contribution is 2.38.